The van der Waals surface area contributed by atoms with Crippen LogP contribution in [0.1, 0.15) is 18.4 Å². The molecule has 0 radical (unpaired) electrons. The van der Waals surface area contributed by atoms with Crippen molar-refractivity contribution >= 4 is 18.0 Å². The highest BCUT2D eigenvalue weighted by Gasteiger charge is 2.30. The number of carbonyl (C=O) groups excluding carboxylic acids is 2. The maximum absolute atomic E-state index is 12.5. The number of urea groups is 1. The second kappa shape index (κ2) is 7.45. The maximum Gasteiger partial charge on any atom is 0.416 e. The van der Waals surface area contributed by atoms with Crippen molar-refractivity contribution in [3.8, 4) is 0 Å². The van der Waals surface area contributed by atoms with Crippen molar-refractivity contribution in [2.24, 2.45) is 0 Å². The first-order valence-corrected chi connectivity index (χ1v) is 7.30. The third kappa shape index (κ3) is 4.95. The summed E-state index contributed by atoms with van der Waals surface area (Å²) in [5.74, 6) is 0. The smallest absolute Gasteiger partial charge is 0.322 e. The van der Waals surface area contributed by atoms with E-state index in [1.54, 1.807) is 4.90 Å². The Hall–Kier alpha value is -2.09. The van der Waals surface area contributed by atoms with Crippen LogP contribution in [0.5, 0.6) is 0 Å². The Morgan fingerprint density at radius 3 is 2.65 bits per heavy atom. The van der Waals surface area contributed by atoms with Crippen molar-refractivity contribution in [3.63, 3.8) is 0 Å². The third-order valence-corrected chi connectivity index (χ3v) is 3.64. The first-order chi connectivity index (χ1) is 10.9. The van der Waals surface area contributed by atoms with Crippen LogP contribution in [0.3, 0.4) is 0 Å². The van der Waals surface area contributed by atoms with Crippen molar-refractivity contribution in [2.45, 2.75) is 25.1 Å². The molecule has 1 aromatic rings. The molecule has 23 heavy (non-hydrogen) atoms. The molecule has 0 aromatic heterocycles. The molecule has 1 saturated heterocycles. The average molecular weight is 329 g/mol. The number of carbonyl (C=O) groups is 2. The van der Waals surface area contributed by atoms with Gasteiger partial charge in [0.15, 0.2) is 0 Å². The summed E-state index contributed by atoms with van der Waals surface area (Å²) < 4.78 is 37.5. The van der Waals surface area contributed by atoms with Gasteiger partial charge in [-0.05, 0) is 30.7 Å². The average Bonchev–Trinajstić information content (AvgIpc) is 2.53. The standard InChI is InChI=1S/C15H18F3N3O2/c16-15(17,18)11-3-5-12(6-4-11)20-14(23)21-8-7-19-13(10-21)2-1-9-22/h3-6,9,13,19H,1-2,7-8,10H2,(H,20,23). The molecule has 1 atom stereocenters. The molecule has 0 aliphatic carbocycles. The first-order valence-electron chi connectivity index (χ1n) is 7.30. The summed E-state index contributed by atoms with van der Waals surface area (Å²) in [6, 6.07) is 4.01. The van der Waals surface area contributed by atoms with Crippen molar-refractivity contribution in [3.05, 3.63) is 29.8 Å². The molecule has 5 nitrogen and oxygen atoms in total. The molecule has 1 heterocycles. The van der Waals surface area contributed by atoms with Crippen LogP contribution in [0.2, 0.25) is 0 Å². The fourth-order valence-electron chi connectivity index (χ4n) is 2.42. The number of anilines is 1. The molecule has 1 unspecified atom stereocenters. The third-order valence-electron chi connectivity index (χ3n) is 3.64. The summed E-state index contributed by atoms with van der Waals surface area (Å²) in [6.07, 6.45) is -2.49. The normalized spacial score (nSPS) is 18.6. The lowest BCUT2D eigenvalue weighted by Crippen LogP contribution is -2.53. The number of nitrogens with zero attached hydrogens (tertiary/aromatic N) is 1. The molecule has 1 aliphatic rings. The molecule has 0 bridgehead atoms. The van der Waals surface area contributed by atoms with E-state index in [4.69, 9.17) is 0 Å². The fraction of sp³-hybridized carbons (Fsp3) is 0.467. The van der Waals surface area contributed by atoms with Gasteiger partial charge >= 0.3 is 12.2 Å². The summed E-state index contributed by atoms with van der Waals surface area (Å²) >= 11 is 0. The Labute approximate surface area is 131 Å². The molecule has 126 valence electrons. The molecular formula is C15H18F3N3O2. The molecule has 2 amide bonds. The van der Waals surface area contributed by atoms with Gasteiger partial charge in [0.05, 0.1) is 5.56 Å². The van der Waals surface area contributed by atoms with Gasteiger partial charge in [0, 0.05) is 37.8 Å². The number of piperazine rings is 1. The zero-order valence-corrected chi connectivity index (χ0v) is 12.4. The van der Waals surface area contributed by atoms with E-state index in [1.807, 2.05) is 0 Å². The van der Waals surface area contributed by atoms with E-state index in [0.717, 1.165) is 18.4 Å². The molecule has 0 saturated carbocycles. The second-order valence-corrected chi connectivity index (χ2v) is 5.35. The van der Waals surface area contributed by atoms with E-state index in [1.165, 1.54) is 12.1 Å². The monoisotopic (exact) mass is 329 g/mol. The number of nitrogens with one attached hydrogen (secondary N) is 2. The van der Waals surface area contributed by atoms with Gasteiger partial charge < -0.3 is 20.3 Å². The lowest BCUT2D eigenvalue weighted by Gasteiger charge is -2.33. The summed E-state index contributed by atoms with van der Waals surface area (Å²) in [5.41, 5.74) is -0.447. The summed E-state index contributed by atoms with van der Waals surface area (Å²) in [6.45, 7) is 1.58. The topological polar surface area (TPSA) is 61.4 Å². The Balaban J connectivity index is 1.92. The van der Waals surface area contributed by atoms with Gasteiger partial charge in [-0.2, -0.15) is 13.2 Å². The van der Waals surface area contributed by atoms with Crippen LogP contribution in [0, 0.1) is 0 Å². The van der Waals surface area contributed by atoms with E-state index in [2.05, 4.69) is 10.6 Å². The molecule has 1 fully saturated rings. The minimum absolute atomic E-state index is 0.0484. The van der Waals surface area contributed by atoms with E-state index in [9.17, 15) is 22.8 Å². The number of halogens is 3. The predicted octanol–water partition coefficient (Wildman–Crippen LogP) is 2.49. The highest BCUT2D eigenvalue weighted by atomic mass is 19.4. The number of hydrogen-bond donors (Lipinski definition) is 2. The Kier molecular flexibility index (Phi) is 5.59. The summed E-state index contributed by atoms with van der Waals surface area (Å²) in [5, 5.41) is 5.81. The quantitative estimate of drug-likeness (QED) is 0.835. The minimum atomic E-state index is -4.40. The number of amides is 2. The largest absolute Gasteiger partial charge is 0.416 e. The van der Waals surface area contributed by atoms with Gasteiger partial charge in [-0.25, -0.2) is 4.79 Å². The van der Waals surface area contributed by atoms with Crippen LogP contribution in [-0.4, -0.2) is 42.9 Å². The lowest BCUT2D eigenvalue weighted by atomic mass is 10.1. The Bertz CT molecular complexity index is 546. The summed E-state index contributed by atoms with van der Waals surface area (Å²) in [7, 11) is 0. The fourth-order valence-corrected chi connectivity index (χ4v) is 2.42. The number of benzene rings is 1. The zero-order valence-electron chi connectivity index (χ0n) is 12.4. The molecule has 1 aromatic carbocycles. The highest BCUT2D eigenvalue weighted by Crippen LogP contribution is 2.29. The number of aldehydes is 1. The van der Waals surface area contributed by atoms with Crippen molar-refractivity contribution in [2.75, 3.05) is 25.0 Å². The van der Waals surface area contributed by atoms with Crippen molar-refractivity contribution in [1.29, 1.82) is 0 Å². The van der Waals surface area contributed by atoms with Gasteiger partial charge in [-0.15, -0.1) is 0 Å². The van der Waals surface area contributed by atoms with Crippen LogP contribution in [0.25, 0.3) is 0 Å². The number of hydrogen-bond acceptors (Lipinski definition) is 3. The molecule has 2 rings (SSSR count). The number of alkyl halides is 3. The van der Waals surface area contributed by atoms with Crippen LogP contribution >= 0.6 is 0 Å². The van der Waals surface area contributed by atoms with Crippen LogP contribution in [-0.2, 0) is 11.0 Å². The van der Waals surface area contributed by atoms with Gasteiger partial charge in [-0.1, -0.05) is 0 Å². The number of rotatable bonds is 4. The molecule has 2 N–H and O–H groups in total. The lowest BCUT2D eigenvalue weighted by molar-refractivity contribution is -0.137. The van der Waals surface area contributed by atoms with E-state index in [0.29, 0.717) is 38.2 Å². The first kappa shape index (κ1) is 17.3. The van der Waals surface area contributed by atoms with Gasteiger partial charge in [-0.3, -0.25) is 0 Å². The zero-order chi connectivity index (χ0) is 16.9. The predicted molar refractivity (Wildman–Crippen MR) is 79.1 cm³/mol. The molecular weight excluding hydrogens is 311 g/mol. The second-order valence-electron chi connectivity index (χ2n) is 5.35. The maximum atomic E-state index is 12.5. The van der Waals surface area contributed by atoms with E-state index < -0.39 is 11.7 Å². The van der Waals surface area contributed by atoms with Gasteiger partial charge in [0.2, 0.25) is 0 Å². The Morgan fingerprint density at radius 1 is 1.35 bits per heavy atom. The van der Waals surface area contributed by atoms with Gasteiger partial charge in [0.1, 0.15) is 6.29 Å². The van der Waals surface area contributed by atoms with Crippen molar-refractivity contribution < 1.29 is 22.8 Å². The van der Waals surface area contributed by atoms with Crippen LogP contribution in [0.4, 0.5) is 23.7 Å². The van der Waals surface area contributed by atoms with Crippen LogP contribution < -0.4 is 10.6 Å². The van der Waals surface area contributed by atoms with E-state index in [-0.39, 0.29) is 12.1 Å². The highest BCUT2D eigenvalue weighted by molar-refractivity contribution is 5.89. The van der Waals surface area contributed by atoms with Crippen molar-refractivity contribution in [1.82, 2.24) is 10.2 Å². The van der Waals surface area contributed by atoms with Crippen LogP contribution in [0.15, 0.2) is 24.3 Å². The minimum Gasteiger partial charge on any atom is -0.322 e. The molecule has 0 spiro atoms. The Morgan fingerprint density at radius 2 is 2.04 bits per heavy atom. The SMILES string of the molecule is O=CCCC1CN(C(=O)Nc2ccc(C(F)(F)F)cc2)CCN1. The van der Waals surface area contributed by atoms with E-state index >= 15 is 0 Å². The van der Waals surface area contributed by atoms with Gasteiger partial charge in [0.25, 0.3) is 0 Å². The molecule has 8 heteroatoms. The molecule has 1 aliphatic heterocycles. The summed E-state index contributed by atoms with van der Waals surface area (Å²) in [4.78, 5) is 24.2.